The van der Waals surface area contributed by atoms with Crippen LogP contribution in [0.25, 0.3) is 0 Å². The molecule has 0 aliphatic heterocycles. The van der Waals surface area contributed by atoms with Gasteiger partial charge in [-0.2, -0.15) is 8.42 Å². The molecule has 0 saturated heterocycles. The molecule has 0 aliphatic rings. The lowest BCUT2D eigenvalue weighted by molar-refractivity contribution is -0.385. The maximum atomic E-state index is 12.2. The normalized spacial score (nSPS) is 11.9. The third-order valence-electron chi connectivity index (χ3n) is 2.92. The number of nitro groups is 1. The second-order valence-corrected chi connectivity index (χ2v) is 8.79. The van der Waals surface area contributed by atoms with Crippen LogP contribution in [0.15, 0.2) is 52.3 Å². The molecule has 0 atom stereocenters. The summed E-state index contributed by atoms with van der Waals surface area (Å²) in [6.07, 6.45) is 0. The van der Waals surface area contributed by atoms with Crippen molar-refractivity contribution in [2.75, 3.05) is 0 Å². The van der Waals surface area contributed by atoms with Crippen molar-refractivity contribution >= 4 is 35.5 Å². The van der Waals surface area contributed by atoms with Crippen LogP contribution in [0.2, 0.25) is 0 Å². The number of hydrogen-bond acceptors (Lipinski definition) is 7. The highest BCUT2D eigenvalue weighted by molar-refractivity contribution is 8.13. The van der Waals surface area contributed by atoms with E-state index in [-0.39, 0.29) is 4.90 Å². The van der Waals surface area contributed by atoms with E-state index in [1.54, 1.807) is 6.92 Å². The standard InChI is InChI=1S/C13H10ClNO7S2/c1-9-2-4-10(5-3-9)24(20,21)22-13-7-6-11(23(14,18)19)8-12(13)15(16)17/h2-8H,1H3. The maximum Gasteiger partial charge on any atom is 0.339 e. The van der Waals surface area contributed by atoms with Gasteiger partial charge in [0.05, 0.1) is 9.82 Å². The molecule has 11 heteroatoms. The number of hydrogen-bond donors (Lipinski definition) is 0. The Hall–Kier alpha value is -2.17. The zero-order chi connectivity index (χ0) is 18.1. The van der Waals surface area contributed by atoms with Crippen LogP contribution >= 0.6 is 10.7 Å². The highest BCUT2D eigenvalue weighted by Gasteiger charge is 2.26. The molecule has 24 heavy (non-hydrogen) atoms. The van der Waals surface area contributed by atoms with E-state index in [9.17, 15) is 26.9 Å². The molecule has 0 radical (unpaired) electrons. The maximum absolute atomic E-state index is 12.2. The van der Waals surface area contributed by atoms with Crippen molar-refractivity contribution in [3.63, 3.8) is 0 Å². The lowest BCUT2D eigenvalue weighted by Crippen LogP contribution is -2.11. The summed E-state index contributed by atoms with van der Waals surface area (Å²) in [5.74, 6) is -0.621. The van der Waals surface area contributed by atoms with Crippen molar-refractivity contribution in [2.24, 2.45) is 0 Å². The Balaban J connectivity index is 2.49. The van der Waals surface area contributed by atoms with Crippen molar-refractivity contribution in [2.45, 2.75) is 16.7 Å². The van der Waals surface area contributed by atoms with Crippen molar-refractivity contribution in [1.82, 2.24) is 0 Å². The van der Waals surface area contributed by atoms with Gasteiger partial charge < -0.3 is 4.18 Å². The van der Waals surface area contributed by atoms with Crippen molar-refractivity contribution in [3.8, 4) is 5.75 Å². The molecule has 0 saturated carbocycles. The van der Waals surface area contributed by atoms with Gasteiger partial charge in [-0.3, -0.25) is 10.1 Å². The van der Waals surface area contributed by atoms with E-state index < -0.39 is 40.4 Å². The first-order valence-electron chi connectivity index (χ1n) is 6.25. The van der Waals surface area contributed by atoms with Gasteiger partial charge in [-0.1, -0.05) is 17.7 Å². The average Bonchev–Trinajstić information content (AvgIpc) is 2.46. The molecule has 0 bridgehead atoms. The number of rotatable bonds is 5. The minimum absolute atomic E-state index is 0.198. The second-order valence-electron chi connectivity index (χ2n) is 4.67. The molecule has 0 amide bonds. The highest BCUT2D eigenvalue weighted by Crippen LogP contribution is 2.33. The molecule has 0 unspecified atom stereocenters. The van der Waals surface area contributed by atoms with Crippen LogP contribution in [0.1, 0.15) is 5.56 Å². The predicted octanol–water partition coefficient (Wildman–Crippen LogP) is 2.60. The molecule has 2 aromatic carbocycles. The zero-order valence-electron chi connectivity index (χ0n) is 12.0. The van der Waals surface area contributed by atoms with Crippen LogP contribution in [0.5, 0.6) is 5.75 Å². The molecule has 0 aromatic heterocycles. The van der Waals surface area contributed by atoms with Gasteiger partial charge >= 0.3 is 15.8 Å². The quantitative estimate of drug-likeness (QED) is 0.332. The Morgan fingerprint density at radius 1 is 1.00 bits per heavy atom. The van der Waals surface area contributed by atoms with Gasteiger partial charge in [0.2, 0.25) is 5.75 Å². The van der Waals surface area contributed by atoms with Gasteiger partial charge in [-0.15, -0.1) is 0 Å². The average molecular weight is 392 g/mol. The van der Waals surface area contributed by atoms with Crippen LogP contribution < -0.4 is 4.18 Å². The van der Waals surface area contributed by atoms with Crippen LogP contribution in [0, 0.1) is 17.0 Å². The molecule has 128 valence electrons. The Morgan fingerprint density at radius 3 is 2.04 bits per heavy atom. The summed E-state index contributed by atoms with van der Waals surface area (Å²) in [6.45, 7) is 1.76. The third-order valence-corrected chi connectivity index (χ3v) is 5.52. The third kappa shape index (κ3) is 4.02. The van der Waals surface area contributed by atoms with Crippen LogP contribution in [0.4, 0.5) is 5.69 Å². The summed E-state index contributed by atoms with van der Waals surface area (Å²) in [5, 5.41) is 11.1. The smallest absolute Gasteiger partial charge is 0.339 e. The molecule has 0 N–H and O–H groups in total. The largest absolute Gasteiger partial charge is 0.372 e. The zero-order valence-corrected chi connectivity index (χ0v) is 14.4. The molecular weight excluding hydrogens is 382 g/mol. The molecule has 0 fully saturated rings. The van der Waals surface area contributed by atoms with E-state index >= 15 is 0 Å². The van der Waals surface area contributed by atoms with Crippen LogP contribution in [-0.4, -0.2) is 21.8 Å². The number of aryl methyl sites for hydroxylation is 1. The van der Waals surface area contributed by atoms with Crippen LogP contribution in [0.3, 0.4) is 0 Å². The lowest BCUT2D eigenvalue weighted by Gasteiger charge is -2.08. The SMILES string of the molecule is Cc1ccc(S(=O)(=O)Oc2ccc(S(=O)(=O)Cl)cc2[N+](=O)[O-])cc1. The summed E-state index contributed by atoms with van der Waals surface area (Å²) in [4.78, 5) is 9.35. The summed E-state index contributed by atoms with van der Waals surface area (Å²) >= 11 is 0. The van der Waals surface area contributed by atoms with E-state index in [1.165, 1.54) is 24.3 Å². The number of nitro benzene ring substituents is 1. The predicted molar refractivity (Wildman–Crippen MR) is 85.1 cm³/mol. The van der Waals surface area contributed by atoms with E-state index in [1.807, 2.05) is 0 Å². The Morgan fingerprint density at radius 2 is 1.54 bits per heavy atom. The topological polar surface area (TPSA) is 121 Å². The van der Waals surface area contributed by atoms with E-state index in [4.69, 9.17) is 14.9 Å². The minimum Gasteiger partial charge on any atom is -0.372 e. The molecule has 0 spiro atoms. The summed E-state index contributed by atoms with van der Waals surface area (Å²) in [5.41, 5.74) is -0.0241. The molecule has 2 aromatic rings. The van der Waals surface area contributed by atoms with E-state index in [0.717, 1.165) is 17.7 Å². The van der Waals surface area contributed by atoms with Crippen LogP contribution in [-0.2, 0) is 19.2 Å². The number of benzene rings is 2. The minimum atomic E-state index is -4.32. The molecule has 2 rings (SSSR count). The molecule has 0 heterocycles. The fourth-order valence-electron chi connectivity index (χ4n) is 1.73. The summed E-state index contributed by atoms with van der Waals surface area (Å²) in [7, 11) is -3.41. The van der Waals surface area contributed by atoms with E-state index in [0.29, 0.717) is 6.07 Å². The highest BCUT2D eigenvalue weighted by atomic mass is 35.7. The van der Waals surface area contributed by atoms with Gasteiger partial charge in [0.1, 0.15) is 4.90 Å². The molecular formula is C13H10ClNO7S2. The Bertz CT molecular complexity index is 999. The van der Waals surface area contributed by atoms with Gasteiger partial charge in [0.25, 0.3) is 9.05 Å². The van der Waals surface area contributed by atoms with Crippen molar-refractivity contribution in [1.29, 1.82) is 0 Å². The van der Waals surface area contributed by atoms with Gasteiger partial charge in [-0.05, 0) is 31.2 Å². The Labute approximate surface area is 142 Å². The molecule has 0 aliphatic carbocycles. The van der Waals surface area contributed by atoms with Gasteiger partial charge in [0.15, 0.2) is 0 Å². The summed E-state index contributed by atoms with van der Waals surface area (Å²) in [6, 6.07) is 8.04. The van der Waals surface area contributed by atoms with Crippen molar-refractivity contribution in [3.05, 3.63) is 58.1 Å². The van der Waals surface area contributed by atoms with Gasteiger partial charge in [-0.25, -0.2) is 8.42 Å². The van der Waals surface area contributed by atoms with Crippen molar-refractivity contribution < 1.29 is 25.9 Å². The first kappa shape index (κ1) is 18.2. The first-order chi connectivity index (χ1) is 11.0. The first-order valence-corrected chi connectivity index (χ1v) is 9.97. The fourth-order valence-corrected chi connectivity index (χ4v) is 3.45. The second kappa shape index (κ2) is 6.38. The lowest BCUT2D eigenvalue weighted by atomic mass is 10.2. The molecule has 8 nitrogen and oxygen atoms in total. The van der Waals surface area contributed by atoms with E-state index in [2.05, 4.69) is 0 Å². The monoisotopic (exact) mass is 391 g/mol. The fraction of sp³-hybridized carbons (Fsp3) is 0.0769. The summed E-state index contributed by atoms with van der Waals surface area (Å²) < 4.78 is 51.6. The number of halogens is 1. The van der Waals surface area contributed by atoms with Gasteiger partial charge in [0, 0.05) is 16.7 Å². The number of nitrogens with zero attached hydrogens (tertiary/aromatic N) is 1. The Kier molecular flexibility index (Phi) is 4.83.